The van der Waals surface area contributed by atoms with Crippen molar-refractivity contribution in [2.24, 2.45) is 5.92 Å². The molecular weight excluding hydrogens is 306 g/mol. The molecular formula is C18H25N3O3. The van der Waals surface area contributed by atoms with Crippen LogP contribution in [0, 0.1) is 5.92 Å². The van der Waals surface area contributed by atoms with Crippen LogP contribution in [-0.4, -0.2) is 44.6 Å². The van der Waals surface area contributed by atoms with Crippen LogP contribution in [0.1, 0.15) is 25.7 Å². The number of anilines is 1. The minimum atomic E-state index is -0.108. The predicted molar refractivity (Wildman–Crippen MR) is 92.1 cm³/mol. The maximum absolute atomic E-state index is 11.9. The van der Waals surface area contributed by atoms with Crippen molar-refractivity contribution >= 4 is 17.5 Å². The number of hydrogen-bond acceptors (Lipinski definition) is 4. The normalized spacial score (nSPS) is 20.9. The summed E-state index contributed by atoms with van der Waals surface area (Å²) in [6.07, 6.45) is 3.81. The molecule has 0 spiro atoms. The van der Waals surface area contributed by atoms with Crippen LogP contribution in [0.2, 0.25) is 0 Å². The molecule has 2 aliphatic heterocycles. The number of nitrogens with zero attached hydrogens (tertiary/aromatic N) is 1. The van der Waals surface area contributed by atoms with Crippen molar-refractivity contribution < 1.29 is 14.3 Å². The van der Waals surface area contributed by atoms with Gasteiger partial charge in [-0.3, -0.25) is 9.59 Å². The highest BCUT2D eigenvalue weighted by Gasteiger charge is 2.22. The summed E-state index contributed by atoms with van der Waals surface area (Å²) in [5.41, 5.74) is 0.837. The first kappa shape index (κ1) is 16.8. The fraction of sp³-hybridized carbons (Fsp3) is 0.556. The van der Waals surface area contributed by atoms with Crippen LogP contribution in [0.25, 0.3) is 0 Å². The lowest BCUT2D eigenvalue weighted by Gasteiger charge is -2.22. The van der Waals surface area contributed by atoms with Gasteiger partial charge in [0.05, 0.1) is 0 Å². The van der Waals surface area contributed by atoms with Crippen molar-refractivity contribution in [3.8, 4) is 5.75 Å². The summed E-state index contributed by atoms with van der Waals surface area (Å²) in [5.74, 6) is 1.16. The molecule has 3 rings (SSSR count). The van der Waals surface area contributed by atoms with Crippen LogP contribution in [0.4, 0.5) is 5.69 Å². The van der Waals surface area contributed by atoms with Gasteiger partial charge in [0, 0.05) is 31.3 Å². The third kappa shape index (κ3) is 4.47. The summed E-state index contributed by atoms with van der Waals surface area (Å²) in [4.78, 5) is 25.5. The molecule has 0 saturated carbocycles. The molecule has 0 bridgehead atoms. The molecule has 0 aliphatic carbocycles. The summed E-state index contributed by atoms with van der Waals surface area (Å²) < 4.78 is 5.58. The number of hydrogen-bond donors (Lipinski definition) is 2. The second kappa shape index (κ2) is 8.15. The van der Waals surface area contributed by atoms with Gasteiger partial charge in [-0.1, -0.05) is 6.07 Å². The molecule has 1 aromatic carbocycles. The highest BCUT2D eigenvalue weighted by atomic mass is 16.5. The lowest BCUT2D eigenvalue weighted by Crippen LogP contribution is -2.39. The first-order chi connectivity index (χ1) is 11.7. The maximum Gasteiger partial charge on any atom is 0.257 e. The topological polar surface area (TPSA) is 70.7 Å². The van der Waals surface area contributed by atoms with Gasteiger partial charge >= 0.3 is 0 Å². The fourth-order valence-electron chi connectivity index (χ4n) is 3.22. The van der Waals surface area contributed by atoms with Crippen molar-refractivity contribution in [2.45, 2.75) is 25.7 Å². The molecule has 2 fully saturated rings. The van der Waals surface area contributed by atoms with E-state index in [1.807, 2.05) is 24.3 Å². The highest BCUT2D eigenvalue weighted by Crippen LogP contribution is 2.25. The number of piperidine rings is 1. The molecule has 2 N–H and O–H groups in total. The molecule has 6 heteroatoms. The molecule has 1 atom stereocenters. The summed E-state index contributed by atoms with van der Waals surface area (Å²) in [6, 6.07) is 7.37. The van der Waals surface area contributed by atoms with Gasteiger partial charge in [-0.2, -0.15) is 0 Å². The van der Waals surface area contributed by atoms with E-state index in [0.717, 1.165) is 38.2 Å². The number of amides is 2. The largest absolute Gasteiger partial charge is 0.484 e. The monoisotopic (exact) mass is 331 g/mol. The van der Waals surface area contributed by atoms with Gasteiger partial charge in [-0.25, -0.2) is 0 Å². The zero-order valence-corrected chi connectivity index (χ0v) is 13.9. The molecule has 2 heterocycles. The van der Waals surface area contributed by atoms with E-state index in [4.69, 9.17) is 4.74 Å². The Bertz CT molecular complexity index is 585. The number of rotatable bonds is 6. The van der Waals surface area contributed by atoms with Crippen LogP contribution in [0.15, 0.2) is 24.3 Å². The fourth-order valence-corrected chi connectivity index (χ4v) is 3.22. The van der Waals surface area contributed by atoms with E-state index in [-0.39, 0.29) is 18.4 Å². The van der Waals surface area contributed by atoms with E-state index < -0.39 is 0 Å². The van der Waals surface area contributed by atoms with Crippen molar-refractivity contribution in [1.82, 2.24) is 10.6 Å². The second-order valence-corrected chi connectivity index (χ2v) is 6.45. The molecule has 2 aliphatic rings. The van der Waals surface area contributed by atoms with E-state index in [0.29, 0.717) is 24.6 Å². The molecule has 2 amide bonds. The lowest BCUT2D eigenvalue weighted by atomic mass is 10.00. The van der Waals surface area contributed by atoms with Crippen molar-refractivity contribution in [3.63, 3.8) is 0 Å². The van der Waals surface area contributed by atoms with Crippen molar-refractivity contribution in [2.75, 3.05) is 37.7 Å². The lowest BCUT2D eigenvalue weighted by molar-refractivity contribution is -0.123. The predicted octanol–water partition coefficient (Wildman–Crippen LogP) is 1.31. The molecule has 0 radical (unpaired) electrons. The number of carbonyl (C=O) groups is 2. The highest BCUT2D eigenvalue weighted by molar-refractivity contribution is 5.95. The van der Waals surface area contributed by atoms with Gasteiger partial charge in [0.15, 0.2) is 6.61 Å². The number of carbonyl (C=O) groups excluding carboxylic acids is 2. The Kier molecular flexibility index (Phi) is 5.69. The Labute approximate surface area is 142 Å². The first-order valence-corrected chi connectivity index (χ1v) is 8.73. The van der Waals surface area contributed by atoms with Crippen LogP contribution < -0.4 is 20.3 Å². The summed E-state index contributed by atoms with van der Waals surface area (Å²) in [5, 5.41) is 6.27. The van der Waals surface area contributed by atoms with Crippen LogP contribution in [0.5, 0.6) is 5.75 Å². The minimum Gasteiger partial charge on any atom is -0.484 e. The summed E-state index contributed by atoms with van der Waals surface area (Å²) >= 11 is 0. The van der Waals surface area contributed by atoms with Gasteiger partial charge in [0.25, 0.3) is 5.91 Å². The number of nitrogens with one attached hydrogen (secondary N) is 2. The molecule has 6 nitrogen and oxygen atoms in total. The van der Waals surface area contributed by atoms with Gasteiger partial charge in [0.2, 0.25) is 5.91 Å². The van der Waals surface area contributed by atoms with Gasteiger partial charge in [0.1, 0.15) is 5.75 Å². The first-order valence-electron chi connectivity index (χ1n) is 8.73. The Hall–Kier alpha value is -2.08. The minimum absolute atomic E-state index is 0.00243. The Morgan fingerprint density at radius 1 is 1.38 bits per heavy atom. The van der Waals surface area contributed by atoms with E-state index in [1.165, 1.54) is 6.42 Å². The number of ether oxygens (including phenoxy) is 1. The Morgan fingerprint density at radius 3 is 3.04 bits per heavy atom. The van der Waals surface area contributed by atoms with E-state index in [2.05, 4.69) is 10.6 Å². The molecule has 1 unspecified atom stereocenters. The average Bonchev–Trinajstić information content (AvgIpc) is 3.05. The average molecular weight is 331 g/mol. The van der Waals surface area contributed by atoms with Gasteiger partial charge in [-0.05, 0) is 50.4 Å². The van der Waals surface area contributed by atoms with E-state index >= 15 is 0 Å². The molecule has 130 valence electrons. The number of benzene rings is 1. The Balaban J connectivity index is 1.45. The quantitative estimate of drug-likeness (QED) is 0.824. The third-order valence-electron chi connectivity index (χ3n) is 4.56. The standard InChI is InChI=1S/C18H25N3O3/c22-17(20-12-14-4-2-8-19-11-14)13-24-16-6-1-5-15(10-16)21-9-3-7-18(21)23/h1,5-6,10,14,19H,2-4,7-9,11-13H2,(H,20,22). The third-order valence-corrected chi connectivity index (χ3v) is 4.56. The maximum atomic E-state index is 11.9. The SMILES string of the molecule is O=C(COc1cccc(N2CCCC2=O)c1)NCC1CCCNC1. The van der Waals surface area contributed by atoms with Crippen molar-refractivity contribution in [1.29, 1.82) is 0 Å². The zero-order valence-electron chi connectivity index (χ0n) is 13.9. The zero-order chi connectivity index (χ0) is 16.8. The van der Waals surface area contributed by atoms with E-state index in [9.17, 15) is 9.59 Å². The van der Waals surface area contributed by atoms with Gasteiger partial charge < -0.3 is 20.3 Å². The molecule has 2 saturated heterocycles. The van der Waals surface area contributed by atoms with Crippen LogP contribution in [-0.2, 0) is 9.59 Å². The second-order valence-electron chi connectivity index (χ2n) is 6.45. The Morgan fingerprint density at radius 2 is 2.29 bits per heavy atom. The smallest absolute Gasteiger partial charge is 0.257 e. The molecule has 0 aromatic heterocycles. The summed E-state index contributed by atoms with van der Waals surface area (Å²) in [6.45, 7) is 3.48. The van der Waals surface area contributed by atoms with E-state index in [1.54, 1.807) is 4.90 Å². The van der Waals surface area contributed by atoms with Crippen molar-refractivity contribution in [3.05, 3.63) is 24.3 Å². The molecule has 24 heavy (non-hydrogen) atoms. The summed E-state index contributed by atoms with van der Waals surface area (Å²) in [7, 11) is 0. The van der Waals surface area contributed by atoms with Gasteiger partial charge in [-0.15, -0.1) is 0 Å². The molecule has 1 aromatic rings. The van der Waals surface area contributed by atoms with Crippen LogP contribution >= 0.6 is 0 Å². The van der Waals surface area contributed by atoms with Crippen LogP contribution in [0.3, 0.4) is 0 Å².